The van der Waals surface area contributed by atoms with Gasteiger partial charge in [-0.15, -0.1) is 0 Å². The van der Waals surface area contributed by atoms with Crippen molar-refractivity contribution in [2.75, 3.05) is 11.4 Å². The van der Waals surface area contributed by atoms with Crippen molar-refractivity contribution in [1.29, 1.82) is 0 Å². The van der Waals surface area contributed by atoms with Gasteiger partial charge < -0.3 is 10.5 Å². The predicted molar refractivity (Wildman–Crippen MR) is 76.3 cm³/mol. The lowest BCUT2D eigenvalue weighted by Gasteiger charge is -2.27. The summed E-state index contributed by atoms with van der Waals surface area (Å²) in [5.74, 6) is 0. The van der Waals surface area contributed by atoms with Crippen molar-refractivity contribution in [3.8, 4) is 0 Å². The quantitative estimate of drug-likeness (QED) is 0.782. The summed E-state index contributed by atoms with van der Waals surface area (Å²) in [5.41, 5.74) is 7.61. The van der Waals surface area contributed by atoms with E-state index in [9.17, 15) is 4.79 Å². The van der Waals surface area contributed by atoms with Gasteiger partial charge in [-0.25, -0.2) is 4.79 Å². The van der Waals surface area contributed by atoms with Crippen LogP contribution >= 0.6 is 0 Å². The molecule has 0 bridgehead atoms. The van der Waals surface area contributed by atoms with E-state index in [1.807, 2.05) is 45.0 Å². The van der Waals surface area contributed by atoms with E-state index in [2.05, 4.69) is 0 Å². The molecule has 104 valence electrons. The van der Waals surface area contributed by atoms with Gasteiger partial charge in [-0.1, -0.05) is 18.2 Å². The van der Waals surface area contributed by atoms with Crippen LogP contribution in [0.1, 0.15) is 32.8 Å². The molecule has 1 amide bonds. The molecule has 0 spiro atoms. The molecular weight excluding hydrogens is 240 g/mol. The highest BCUT2D eigenvalue weighted by atomic mass is 16.6. The molecule has 19 heavy (non-hydrogen) atoms. The average Bonchev–Trinajstić information content (AvgIpc) is 2.45. The summed E-state index contributed by atoms with van der Waals surface area (Å²) in [7, 11) is 0. The molecule has 0 unspecified atom stereocenters. The first kappa shape index (κ1) is 13.9. The average molecular weight is 262 g/mol. The number of fused-ring (bicyclic) bond motifs is 1. The second kappa shape index (κ2) is 5.21. The summed E-state index contributed by atoms with van der Waals surface area (Å²) in [5, 5.41) is 0. The van der Waals surface area contributed by atoms with Crippen molar-refractivity contribution in [2.45, 2.75) is 45.3 Å². The number of hydrogen-bond acceptors (Lipinski definition) is 3. The Morgan fingerprint density at radius 2 is 2.05 bits per heavy atom. The van der Waals surface area contributed by atoms with Crippen LogP contribution < -0.4 is 10.6 Å². The van der Waals surface area contributed by atoms with Crippen molar-refractivity contribution in [3.63, 3.8) is 0 Å². The fourth-order valence-electron chi connectivity index (χ4n) is 2.25. The molecule has 1 aromatic rings. The lowest BCUT2D eigenvalue weighted by atomic mass is 10.0. The minimum absolute atomic E-state index is 0.0913. The van der Waals surface area contributed by atoms with E-state index < -0.39 is 5.60 Å². The molecule has 0 saturated heterocycles. The Kier molecular flexibility index (Phi) is 3.80. The van der Waals surface area contributed by atoms with Gasteiger partial charge in [0.25, 0.3) is 0 Å². The van der Waals surface area contributed by atoms with Gasteiger partial charge in [-0.2, -0.15) is 0 Å². The first-order valence-electron chi connectivity index (χ1n) is 6.71. The SMILES string of the molecule is CC(C)(C)OC(=O)N1CC[C@@H](N)Cc2ccccc21. The van der Waals surface area contributed by atoms with Gasteiger partial charge in [0.2, 0.25) is 0 Å². The molecule has 2 N–H and O–H groups in total. The molecule has 4 heteroatoms. The number of nitrogens with zero attached hydrogens (tertiary/aromatic N) is 1. The van der Waals surface area contributed by atoms with Gasteiger partial charge in [0.05, 0.1) is 5.69 Å². The van der Waals surface area contributed by atoms with Gasteiger partial charge in [-0.05, 0) is 45.2 Å². The number of hydrogen-bond donors (Lipinski definition) is 1. The van der Waals surface area contributed by atoms with Gasteiger partial charge in [0.1, 0.15) is 5.60 Å². The Balaban J connectivity index is 2.28. The molecule has 4 nitrogen and oxygen atoms in total. The number of rotatable bonds is 0. The van der Waals surface area contributed by atoms with Gasteiger partial charge in [-0.3, -0.25) is 4.90 Å². The molecule has 0 radical (unpaired) electrons. The van der Waals surface area contributed by atoms with Crippen molar-refractivity contribution in [1.82, 2.24) is 0 Å². The highest BCUT2D eigenvalue weighted by Gasteiger charge is 2.27. The van der Waals surface area contributed by atoms with E-state index >= 15 is 0 Å². The number of carbonyl (C=O) groups excluding carboxylic acids is 1. The normalized spacial score (nSPS) is 19.6. The maximum Gasteiger partial charge on any atom is 0.414 e. The van der Waals surface area contributed by atoms with Gasteiger partial charge in [0.15, 0.2) is 0 Å². The lowest BCUT2D eigenvalue weighted by Crippen LogP contribution is -2.38. The number of amides is 1. The maximum absolute atomic E-state index is 12.3. The molecule has 1 heterocycles. The number of nitrogens with two attached hydrogens (primary N) is 1. The molecule has 1 aromatic carbocycles. The highest BCUT2D eigenvalue weighted by molar-refractivity contribution is 5.89. The van der Waals surface area contributed by atoms with Crippen molar-refractivity contribution < 1.29 is 9.53 Å². The third-order valence-corrected chi connectivity index (χ3v) is 3.10. The van der Waals surface area contributed by atoms with Crippen LogP contribution in [0, 0.1) is 0 Å². The van der Waals surface area contributed by atoms with E-state index in [1.54, 1.807) is 4.90 Å². The lowest BCUT2D eigenvalue weighted by molar-refractivity contribution is 0.0580. The van der Waals surface area contributed by atoms with Crippen LogP contribution in [0.3, 0.4) is 0 Å². The van der Waals surface area contributed by atoms with Crippen LogP contribution in [0.4, 0.5) is 10.5 Å². The number of carbonyl (C=O) groups is 1. The zero-order chi connectivity index (χ0) is 14.0. The molecule has 0 aromatic heterocycles. The Morgan fingerprint density at radius 3 is 2.74 bits per heavy atom. The van der Waals surface area contributed by atoms with E-state index in [-0.39, 0.29) is 12.1 Å². The third kappa shape index (κ3) is 3.47. The summed E-state index contributed by atoms with van der Waals surface area (Å²) in [6.07, 6.45) is 1.29. The van der Waals surface area contributed by atoms with Crippen LogP contribution in [0.2, 0.25) is 0 Å². The minimum atomic E-state index is -0.486. The largest absolute Gasteiger partial charge is 0.443 e. The summed E-state index contributed by atoms with van der Waals surface area (Å²) in [4.78, 5) is 14.0. The van der Waals surface area contributed by atoms with Crippen molar-refractivity contribution in [2.24, 2.45) is 5.73 Å². The molecule has 0 aliphatic carbocycles. The van der Waals surface area contributed by atoms with Crippen LogP contribution in [0.5, 0.6) is 0 Å². The fourth-order valence-corrected chi connectivity index (χ4v) is 2.25. The Bertz CT molecular complexity index is 465. The predicted octanol–water partition coefficient (Wildman–Crippen LogP) is 2.70. The number of para-hydroxylation sites is 1. The maximum atomic E-state index is 12.3. The summed E-state index contributed by atoms with van der Waals surface area (Å²) in [6, 6.07) is 7.99. The van der Waals surface area contributed by atoms with Crippen LogP contribution in [-0.4, -0.2) is 24.3 Å². The van der Waals surface area contributed by atoms with E-state index in [1.165, 1.54) is 0 Å². The molecule has 0 saturated carbocycles. The minimum Gasteiger partial charge on any atom is -0.443 e. The molecule has 1 atom stereocenters. The molecule has 1 aliphatic rings. The van der Waals surface area contributed by atoms with Crippen LogP contribution in [0.25, 0.3) is 0 Å². The summed E-state index contributed by atoms with van der Waals surface area (Å²) >= 11 is 0. The third-order valence-electron chi connectivity index (χ3n) is 3.10. The highest BCUT2D eigenvalue weighted by Crippen LogP contribution is 2.27. The first-order chi connectivity index (χ1) is 8.87. The van der Waals surface area contributed by atoms with Crippen LogP contribution in [0.15, 0.2) is 24.3 Å². The zero-order valence-corrected chi connectivity index (χ0v) is 11.8. The van der Waals surface area contributed by atoms with Gasteiger partial charge in [0, 0.05) is 12.6 Å². The molecule has 0 fully saturated rings. The smallest absolute Gasteiger partial charge is 0.414 e. The van der Waals surface area contributed by atoms with Crippen molar-refractivity contribution >= 4 is 11.8 Å². The van der Waals surface area contributed by atoms with Crippen LogP contribution in [-0.2, 0) is 11.2 Å². The first-order valence-corrected chi connectivity index (χ1v) is 6.71. The molecule has 1 aliphatic heterocycles. The van der Waals surface area contributed by atoms with Gasteiger partial charge >= 0.3 is 6.09 Å². The number of ether oxygens (including phenoxy) is 1. The Hall–Kier alpha value is -1.55. The number of benzene rings is 1. The van der Waals surface area contributed by atoms with E-state index in [0.717, 1.165) is 24.1 Å². The van der Waals surface area contributed by atoms with Crippen molar-refractivity contribution in [3.05, 3.63) is 29.8 Å². The van der Waals surface area contributed by atoms with E-state index in [0.29, 0.717) is 6.54 Å². The zero-order valence-electron chi connectivity index (χ0n) is 11.8. The van der Waals surface area contributed by atoms with E-state index in [4.69, 9.17) is 10.5 Å². The summed E-state index contributed by atoms with van der Waals surface area (Å²) < 4.78 is 5.47. The molecule has 2 rings (SSSR count). The standard InChI is InChI=1S/C15H22N2O2/c1-15(2,3)19-14(18)17-9-8-12(16)10-11-6-4-5-7-13(11)17/h4-7,12H,8-10,16H2,1-3H3/t12-/m1/s1. The Labute approximate surface area is 114 Å². The molecular formula is C15H22N2O2. The topological polar surface area (TPSA) is 55.6 Å². The fraction of sp³-hybridized carbons (Fsp3) is 0.533. The summed E-state index contributed by atoms with van der Waals surface area (Å²) in [6.45, 7) is 6.23. The monoisotopic (exact) mass is 262 g/mol. The second-order valence-corrected chi connectivity index (χ2v) is 6.01. The number of anilines is 1. The second-order valence-electron chi connectivity index (χ2n) is 6.01. The Morgan fingerprint density at radius 1 is 1.37 bits per heavy atom.